The van der Waals surface area contributed by atoms with Crippen LogP contribution < -0.4 is 0 Å². The largest absolute Gasteiger partial charge is 0.378 e. The van der Waals surface area contributed by atoms with E-state index in [9.17, 15) is 9.18 Å². The summed E-state index contributed by atoms with van der Waals surface area (Å²) in [6.07, 6.45) is 5.98. The van der Waals surface area contributed by atoms with Crippen LogP contribution in [-0.2, 0) is 11.3 Å². The average Bonchev–Trinajstić information content (AvgIpc) is 3.10. The lowest BCUT2D eigenvalue weighted by molar-refractivity contribution is 0.00705. The van der Waals surface area contributed by atoms with E-state index in [0.717, 1.165) is 25.9 Å². The van der Waals surface area contributed by atoms with Crippen molar-refractivity contribution in [1.82, 2.24) is 19.9 Å². The van der Waals surface area contributed by atoms with Gasteiger partial charge >= 0.3 is 0 Å². The lowest BCUT2D eigenvalue weighted by Crippen LogP contribution is -2.31. The lowest BCUT2D eigenvalue weighted by atomic mass is 10.1. The van der Waals surface area contributed by atoms with Gasteiger partial charge in [0.15, 0.2) is 5.69 Å². The molecule has 1 saturated heterocycles. The molecule has 2 heterocycles. The van der Waals surface area contributed by atoms with Gasteiger partial charge in [0.1, 0.15) is 5.82 Å². The second-order valence-electron chi connectivity index (χ2n) is 6.40. The van der Waals surface area contributed by atoms with Gasteiger partial charge in [-0.25, -0.2) is 9.07 Å². The van der Waals surface area contributed by atoms with Gasteiger partial charge in [0.25, 0.3) is 5.91 Å². The SMILES string of the molecule is CN(CC[C@@H]1CCCCO1)C(=O)c1cn(Cc2ccccc2F)nn1. The van der Waals surface area contributed by atoms with E-state index >= 15 is 0 Å². The third-order valence-electron chi connectivity index (χ3n) is 4.46. The van der Waals surface area contributed by atoms with Crippen LogP contribution in [-0.4, -0.2) is 52.1 Å². The quantitative estimate of drug-likeness (QED) is 0.806. The van der Waals surface area contributed by atoms with Crippen molar-refractivity contribution in [2.24, 2.45) is 0 Å². The normalized spacial score (nSPS) is 17.4. The number of carbonyl (C=O) groups is 1. The molecule has 1 amide bonds. The van der Waals surface area contributed by atoms with E-state index in [1.807, 2.05) is 0 Å². The molecule has 0 bridgehead atoms. The number of nitrogens with zero attached hydrogens (tertiary/aromatic N) is 4. The Hall–Kier alpha value is -2.28. The lowest BCUT2D eigenvalue weighted by Gasteiger charge is -2.24. The van der Waals surface area contributed by atoms with Gasteiger partial charge in [0.05, 0.1) is 18.8 Å². The molecular formula is C18H23FN4O2. The molecule has 0 spiro atoms. The van der Waals surface area contributed by atoms with Crippen LogP contribution in [0.15, 0.2) is 30.5 Å². The number of hydrogen-bond donors (Lipinski definition) is 0. The highest BCUT2D eigenvalue weighted by Crippen LogP contribution is 2.16. The van der Waals surface area contributed by atoms with Gasteiger partial charge in [-0.05, 0) is 31.7 Å². The second kappa shape index (κ2) is 8.20. The Bertz CT molecular complexity index is 713. The van der Waals surface area contributed by atoms with Crippen molar-refractivity contribution in [2.75, 3.05) is 20.2 Å². The third-order valence-corrected chi connectivity index (χ3v) is 4.46. The van der Waals surface area contributed by atoms with Crippen molar-refractivity contribution in [3.63, 3.8) is 0 Å². The van der Waals surface area contributed by atoms with E-state index < -0.39 is 0 Å². The Kier molecular flexibility index (Phi) is 5.75. The minimum Gasteiger partial charge on any atom is -0.378 e. The molecule has 0 N–H and O–H groups in total. The summed E-state index contributed by atoms with van der Waals surface area (Å²) in [7, 11) is 1.75. The van der Waals surface area contributed by atoms with Crippen LogP contribution in [0.2, 0.25) is 0 Å². The molecule has 6 nitrogen and oxygen atoms in total. The predicted molar refractivity (Wildman–Crippen MR) is 90.7 cm³/mol. The fourth-order valence-electron chi connectivity index (χ4n) is 2.94. The maximum absolute atomic E-state index is 13.7. The smallest absolute Gasteiger partial charge is 0.275 e. The highest BCUT2D eigenvalue weighted by molar-refractivity contribution is 5.91. The topological polar surface area (TPSA) is 60.2 Å². The van der Waals surface area contributed by atoms with Gasteiger partial charge in [-0.2, -0.15) is 0 Å². The number of halogens is 1. The first-order chi connectivity index (χ1) is 12.1. The summed E-state index contributed by atoms with van der Waals surface area (Å²) in [6.45, 7) is 1.67. The Balaban J connectivity index is 1.55. The standard InChI is InChI=1S/C18H23FN4O2/c1-22(10-9-15-7-4-5-11-25-15)18(24)17-13-23(21-20-17)12-14-6-2-3-8-16(14)19/h2-3,6,8,13,15H,4-5,7,9-12H2,1H3/t15-/m0/s1. The molecule has 1 aliphatic heterocycles. The molecule has 1 fully saturated rings. The van der Waals surface area contributed by atoms with Crippen LogP contribution in [0.4, 0.5) is 4.39 Å². The predicted octanol–water partition coefficient (Wildman–Crippen LogP) is 2.50. The fourth-order valence-corrected chi connectivity index (χ4v) is 2.94. The van der Waals surface area contributed by atoms with Crippen molar-refractivity contribution < 1.29 is 13.9 Å². The van der Waals surface area contributed by atoms with E-state index in [1.165, 1.54) is 17.2 Å². The molecule has 0 unspecified atom stereocenters. The van der Waals surface area contributed by atoms with Gasteiger partial charge in [0, 0.05) is 25.8 Å². The molecule has 2 aromatic rings. The minimum atomic E-state index is -0.296. The number of benzene rings is 1. The van der Waals surface area contributed by atoms with Crippen LogP contribution in [0.5, 0.6) is 0 Å². The van der Waals surface area contributed by atoms with Crippen molar-refractivity contribution in [2.45, 2.75) is 38.3 Å². The Labute approximate surface area is 146 Å². The Morgan fingerprint density at radius 3 is 3.00 bits per heavy atom. The Morgan fingerprint density at radius 1 is 1.40 bits per heavy atom. The van der Waals surface area contributed by atoms with E-state index in [2.05, 4.69) is 10.3 Å². The van der Waals surface area contributed by atoms with E-state index in [4.69, 9.17) is 4.74 Å². The first kappa shape index (κ1) is 17.5. The van der Waals surface area contributed by atoms with E-state index in [0.29, 0.717) is 12.1 Å². The summed E-state index contributed by atoms with van der Waals surface area (Å²) < 4.78 is 20.9. The molecule has 134 valence electrons. The zero-order valence-electron chi connectivity index (χ0n) is 14.4. The van der Waals surface area contributed by atoms with Crippen LogP contribution >= 0.6 is 0 Å². The molecule has 0 aliphatic carbocycles. The molecule has 1 aromatic carbocycles. The van der Waals surface area contributed by atoms with Crippen molar-refractivity contribution in [1.29, 1.82) is 0 Å². The zero-order valence-corrected chi connectivity index (χ0v) is 14.4. The molecule has 25 heavy (non-hydrogen) atoms. The maximum atomic E-state index is 13.7. The highest BCUT2D eigenvalue weighted by Gasteiger charge is 2.19. The van der Waals surface area contributed by atoms with Gasteiger partial charge in [-0.3, -0.25) is 4.79 Å². The molecule has 1 aromatic heterocycles. The summed E-state index contributed by atoms with van der Waals surface area (Å²) >= 11 is 0. The molecule has 0 saturated carbocycles. The first-order valence-corrected chi connectivity index (χ1v) is 8.64. The summed E-state index contributed by atoms with van der Waals surface area (Å²) in [5, 5.41) is 7.86. The number of carbonyl (C=O) groups excluding carboxylic acids is 1. The maximum Gasteiger partial charge on any atom is 0.275 e. The van der Waals surface area contributed by atoms with Crippen molar-refractivity contribution >= 4 is 5.91 Å². The zero-order chi connectivity index (χ0) is 17.6. The van der Waals surface area contributed by atoms with Crippen molar-refractivity contribution in [3.8, 4) is 0 Å². The third kappa shape index (κ3) is 4.63. The average molecular weight is 346 g/mol. The molecule has 0 radical (unpaired) electrons. The van der Waals surface area contributed by atoms with Crippen molar-refractivity contribution in [3.05, 3.63) is 47.5 Å². The first-order valence-electron chi connectivity index (χ1n) is 8.64. The molecule has 7 heteroatoms. The summed E-state index contributed by atoms with van der Waals surface area (Å²) in [4.78, 5) is 14.1. The number of amides is 1. The number of ether oxygens (including phenoxy) is 1. The van der Waals surface area contributed by atoms with Crippen LogP contribution in [0.3, 0.4) is 0 Å². The summed E-state index contributed by atoms with van der Waals surface area (Å²) in [6, 6.07) is 6.50. The van der Waals surface area contributed by atoms with E-state index in [1.54, 1.807) is 36.3 Å². The molecule has 3 rings (SSSR count). The molecule has 1 aliphatic rings. The number of aromatic nitrogens is 3. The number of rotatable bonds is 6. The highest BCUT2D eigenvalue weighted by atomic mass is 19.1. The van der Waals surface area contributed by atoms with Gasteiger partial charge < -0.3 is 9.64 Å². The second-order valence-corrected chi connectivity index (χ2v) is 6.40. The van der Waals surface area contributed by atoms with Gasteiger partial charge in [0.2, 0.25) is 0 Å². The van der Waals surface area contributed by atoms with E-state index in [-0.39, 0.29) is 30.1 Å². The molecular weight excluding hydrogens is 323 g/mol. The summed E-state index contributed by atoms with van der Waals surface area (Å²) in [5.41, 5.74) is 0.776. The monoisotopic (exact) mass is 346 g/mol. The molecule has 1 atom stereocenters. The van der Waals surface area contributed by atoms with Gasteiger partial charge in [-0.15, -0.1) is 5.10 Å². The Morgan fingerprint density at radius 2 is 2.24 bits per heavy atom. The van der Waals surface area contributed by atoms with Gasteiger partial charge in [-0.1, -0.05) is 23.4 Å². The minimum absolute atomic E-state index is 0.185. The summed E-state index contributed by atoms with van der Waals surface area (Å²) in [5.74, 6) is -0.480. The fraction of sp³-hybridized carbons (Fsp3) is 0.500. The van der Waals surface area contributed by atoms with Crippen LogP contribution in [0, 0.1) is 5.82 Å². The number of hydrogen-bond acceptors (Lipinski definition) is 4. The van der Waals surface area contributed by atoms with Crippen LogP contribution in [0.25, 0.3) is 0 Å². The van der Waals surface area contributed by atoms with Crippen LogP contribution in [0.1, 0.15) is 41.7 Å².